The number of alkyl halides is 3. The second-order valence-electron chi connectivity index (χ2n) is 5.51. The number of allylic oxidation sites excluding steroid dienone is 1. The van der Waals surface area contributed by atoms with Crippen molar-refractivity contribution in [1.82, 2.24) is 0 Å². The molecule has 0 amide bonds. The van der Waals surface area contributed by atoms with Crippen LogP contribution in [-0.2, 0) is 9.53 Å². The van der Waals surface area contributed by atoms with Gasteiger partial charge in [-0.2, -0.15) is 0 Å². The van der Waals surface area contributed by atoms with Gasteiger partial charge < -0.3 is 4.74 Å². The van der Waals surface area contributed by atoms with E-state index in [1.54, 1.807) is 0 Å². The summed E-state index contributed by atoms with van der Waals surface area (Å²) in [4.78, 5) is 11.4. The second-order valence-corrected chi connectivity index (χ2v) is 6.59. The maximum Gasteiger partial charge on any atom is 0.306 e. The van der Waals surface area contributed by atoms with Gasteiger partial charge in [-0.1, -0.05) is 61.6 Å². The Bertz CT molecular complexity index is 307. The van der Waals surface area contributed by atoms with E-state index < -0.39 is 5.92 Å². The standard InChI is InChI=1S/C17H29F2IO2/c1-2-3-8-12-17(18,19)13-10-15-22-16(21)11-7-5-4-6-9-14-20/h10,13H,2-9,11-12,14-15H2,1H3/b13-10+. The fourth-order valence-corrected chi connectivity index (χ4v) is 2.56. The van der Waals surface area contributed by atoms with Gasteiger partial charge in [0.05, 0.1) is 0 Å². The van der Waals surface area contributed by atoms with Gasteiger partial charge in [0.25, 0.3) is 5.92 Å². The molecule has 0 radical (unpaired) electrons. The quantitative estimate of drug-likeness (QED) is 0.110. The molecular weight excluding hydrogens is 401 g/mol. The van der Waals surface area contributed by atoms with Crippen molar-refractivity contribution < 1.29 is 18.3 Å². The summed E-state index contributed by atoms with van der Waals surface area (Å²) >= 11 is 2.36. The number of carbonyl (C=O) groups is 1. The fourth-order valence-electron chi connectivity index (χ4n) is 2.02. The summed E-state index contributed by atoms with van der Waals surface area (Å²) in [6.45, 7) is 1.92. The van der Waals surface area contributed by atoms with Gasteiger partial charge in [-0.3, -0.25) is 4.79 Å². The third-order valence-corrected chi connectivity index (χ3v) is 4.09. The number of rotatable bonds is 14. The highest BCUT2D eigenvalue weighted by Crippen LogP contribution is 2.23. The predicted molar refractivity (Wildman–Crippen MR) is 95.8 cm³/mol. The first-order chi connectivity index (χ1) is 10.5. The van der Waals surface area contributed by atoms with E-state index >= 15 is 0 Å². The predicted octanol–water partition coefficient (Wildman–Crippen LogP) is 6.08. The lowest BCUT2D eigenvalue weighted by Gasteiger charge is -2.11. The first-order valence-electron chi connectivity index (χ1n) is 8.29. The van der Waals surface area contributed by atoms with Crippen molar-refractivity contribution >= 4 is 28.6 Å². The topological polar surface area (TPSA) is 26.3 Å². The molecular formula is C17H29F2IO2. The molecule has 0 atom stereocenters. The molecule has 0 aromatic rings. The summed E-state index contributed by atoms with van der Waals surface area (Å²) in [7, 11) is 0. The molecule has 0 aromatic carbocycles. The lowest BCUT2D eigenvalue weighted by molar-refractivity contribution is -0.142. The van der Waals surface area contributed by atoms with Crippen molar-refractivity contribution in [3.05, 3.63) is 12.2 Å². The molecule has 22 heavy (non-hydrogen) atoms. The summed E-state index contributed by atoms with van der Waals surface area (Å²) < 4.78 is 32.9. The van der Waals surface area contributed by atoms with Gasteiger partial charge in [-0.15, -0.1) is 0 Å². The van der Waals surface area contributed by atoms with E-state index in [1.165, 1.54) is 23.3 Å². The van der Waals surface area contributed by atoms with Gasteiger partial charge in [-0.25, -0.2) is 8.78 Å². The van der Waals surface area contributed by atoms with E-state index in [2.05, 4.69) is 22.6 Å². The van der Waals surface area contributed by atoms with E-state index in [0.717, 1.165) is 38.2 Å². The highest BCUT2D eigenvalue weighted by molar-refractivity contribution is 14.1. The molecule has 2 nitrogen and oxygen atoms in total. The van der Waals surface area contributed by atoms with Crippen molar-refractivity contribution in [2.75, 3.05) is 11.0 Å². The molecule has 0 unspecified atom stereocenters. The van der Waals surface area contributed by atoms with Crippen molar-refractivity contribution in [2.24, 2.45) is 0 Å². The minimum Gasteiger partial charge on any atom is -0.461 e. The molecule has 0 bridgehead atoms. The Hall–Kier alpha value is -0.200. The summed E-state index contributed by atoms with van der Waals surface area (Å²) in [5, 5.41) is 0. The Labute approximate surface area is 147 Å². The van der Waals surface area contributed by atoms with Crippen LogP contribution in [-0.4, -0.2) is 22.9 Å². The summed E-state index contributed by atoms with van der Waals surface area (Å²) in [5.41, 5.74) is 0. The molecule has 130 valence electrons. The molecule has 5 heteroatoms. The molecule has 0 heterocycles. The van der Waals surface area contributed by atoms with E-state index in [-0.39, 0.29) is 19.0 Å². The normalized spacial score (nSPS) is 12.0. The van der Waals surface area contributed by atoms with Crippen molar-refractivity contribution in [3.8, 4) is 0 Å². The van der Waals surface area contributed by atoms with E-state index in [0.29, 0.717) is 12.8 Å². The Balaban J connectivity index is 3.63. The maximum atomic E-state index is 13.4. The molecule has 0 rings (SSSR count). The van der Waals surface area contributed by atoms with Crippen LogP contribution in [0.5, 0.6) is 0 Å². The van der Waals surface area contributed by atoms with Crippen LogP contribution < -0.4 is 0 Å². The second kappa shape index (κ2) is 14.4. The van der Waals surface area contributed by atoms with Crippen LogP contribution in [0.4, 0.5) is 8.78 Å². The van der Waals surface area contributed by atoms with Crippen molar-refractivity contribution in [2.45, 2.75) is 77.1 Å². The molecule has 0 aliphatic carbocycles. The largest absolute Gasteiger partial charge is 0.461 e. The van der Waals surface area contributed by atoms with Crippen LogP contribution in [0.1, 0.15) is 71.1 Å². The number of hydrogen-bond acceptors (Lipinski definition) is 2. The van der Waals surface area contributed by atoms with Crippen LogP contribution in [0.15, 0.2) is 12.2 Å². The summed E-state index contributed by atoms with van der Waals surface area (Å²) in [5.74, 6) is -3.09. The van der Waals surface area contributed by atoms with E-state index in [4.69, 9.17) is 4.74 Å². The Kier molecular flexibility index (Phi) is 14.3. The Morgan fingerprint density at radius 3 is 2.45 bits per heavy atom. The van der Waals surface area contributed by atoms with E-state index in [1.807, 2.05) is 6.92 Å². The van der Waals surface area contributed by atoms with Gasteiger partial charge in [0.15, 0.2) is 0 Å². The van der Waals surface area contributed by atoms with Gasteiger partial charge in [0.2, 0.25) is 0 Å². The zero-order valence-corrected chi connectivity index (χ0v) is 15.7. The molecule has 0 saturated carbocycles. The number of hydrogen-bond donors (Lipinski definition) is 0. The number of halogens is 3. The highest BCUT2D eigenvalue weighted by atomic mass is 127. The monoisotopic (exact) mass is 430 g/mol. The number of carbonyl (C=O) groups excluding carboxylic acids is 1. The first kappa shape index (κ1) is 21.8. The van der Waals surface area contributed by atoms with Crippen molar-refractivity contribution in [3.63, 3.8) is 0 Å². The molecule has 0 aliphatic rings. The zero-order chi connectivity index (χ0) is 16.7. The smallest absolute Gasteiger partial charge is 0.306 e. The van der Waals surface area contributed by atoms with Crippen LogP contribution in [0.3, 0.4) is 0 Å². The number of esters is 1. The highest BCUT2D eigenvalue weighted by Gasteiger charge is 2.23. The van der Waals surface area contributed by atoms with Crippen LogP contribution in [0.25, 0.3) is 0 Å². The maximum absolute atomic E-state index is 13.4. The lowest BCUT2D eigenvalue weighted by Crippen LogP contribution is -2.12. The average molecular weight is 430 g/mol. The van der Waals surface area contributed by atoms with Gasteiger partial charge in [0, 0.05) is 12.8 Å². The van der Waals surface area contributed by atoms with Crippen molar-refractivity contribution in [1.29, 1.82) is 0 Å². The summed E-state index contributed by atoms with van der Waals surface area (Å²) in [6.07, 6.45) is 10.0. The van der Waals surface area contributed by atoms with Gasteiger partial charge >= 0.3 is 5.97 Å². The van der Waals surface area contributed by atoms with Gasteiger partial charge in [-0.05, 0) is 35.8 Å². The zero-order valence-electron chi connectivity index (χ0n) is 13.6. The molecule has 0 saturated heterocycles. The number of ether oxygens (including phenoxy) is 1. The van der Waals surface area contributed by atoms with Crippen LogP contribution in [0.2, 0.25) is 0 Å². The minimum absolute atomic E-state index is 0.0585. The average Bonchev–Trinajstić information content (AvgIpc) is 2.47. The SMILES string of the molecule is CCCCCC(F)(F)/C=C/COC(=O)CCCCCCCI. The minimum atomic E-state index is -2.79. The molecule has 0 aliphatic heterocycles. The summed E-state index contributed by atoms with van der Waals surface area (Å²) in [6, 6.07) is 0. The fraction of sp³-hybridized carbons (Fsp3) is 0.824. The third kappa shape index (κ3) is 14.7. The van der Waals surface area contributed by atoms with E-state index in [9.17, 15) is 13.6 Å². The molecule has 0 aromatic heterocycles. The molecule has 0 fully saturated rings. The van der Waals surface area contributed by atoms with Crippen LogP contribution >= 0.6 is 22.6 Å². The first-order valence-corrected chi connectivity index (χ1v) is 9.81. The molecule has 0 N–H and O–H groups in total. The third-order valence-electron chi connectivity index (χ3n) is 3.33. The Morgan fingerprint density at radius 1 is 1.09 bits per heavy atom. The lowest BCUT2D eigenvalue weighted by atomic mass is 10.1. The number of unbranched alkanes of at least 4 members (excludes halogenated alkanes) is 6. The van der Waals surface area contributed by atoms with Crippen LogP contribution in [0, 0.1) is 0 Å². The van der Waals surface area contributed by atoms with Gasteiger partial charge in [0.1, 0.15) is 6.61 Å². The molecule has 0 spiro atoms. The Morgan fingerprint density at radius 2 is 1.77 bits per heavy atom.